The average molecular weight is 648 g/mol. The summed E-state index contributed by atoms with van der Waals surface area (Å²) < 4.78 is 0. The van der Waals surface area contributed by atoms with Crippen molar-refractivity contribution >= 4 is 35.8 Å². The number of nitrogens with two attached hydrogens (primary N) is 1. The molecule has 0 aromatic heterocycles. The van der Waals surface area contributed by atoms with Crippen molar-refractivity contribution in [2.45, 2.75) is 116 Å². The topological polar surface area (TPSA) is 159 Å². The first-order valence-corrected chi connectivity index (χ1v) is 15.8. The van der Waals surface area contributed by atoms with Crippen molar-refractivity contribution in [3.8, 4) is 0 Å². The number of carbonyl (C=O) groups excluding carboxylic acids is 4. The zero-order valence-electron chi connectivity index (χ0n) is 27.4. The van der Waals surface area contributed by atoms with Gasteiger partial charge in [0.2, 0.25) is 11.8 Å². The predicted octanol–water partition coefficient (Wildman–Crippen LogP) is 5.13. The smallest absolute Gasteiger partial charge is 0.220 e. The van der Waals surface area contributed by atoms with E-state index in [-0.39, 0.29) is 79.5 Å². The lowest BCUT2D eigenvalue weighted by Gasteiger charge is -2.17. The van der Waals surface area contributed by atoms with Crippen LogP contribution in [0, 0.1) is 5.92 Å². The number of Topliss-reactive ketones (excluding diaryl/α,β-unsaturated/α-hetero) is 2. The first-order chi connectivity index (χ1) is 20.9. The highest BCUT2D eigenvalue weighted by Gasteiger charge is 2.23. The van der Waals surface area contributed by atoms with Crippen molar-refractivity contribution in [1.29, 1.82) is 0 Å². The van der Waals surface area contributed by atoms with Gasteiger partial charge >= 0.3 is 0 Å². The maximum atomic E-state index is 11.9. The molecular weight excluding hydrogens is 594 g/mol. The number of benzene rings is 2. The number of amides is 2. The summed E-state index contributed by atoms with van der Waals surface area (Å²) in [4.78, 5) is 47.5. The molecule has 0 saturated heterocycles. The van der Waals surface area contributed by atoms with Gasteiger partial charge in [0.15, 0.2) is 11.6 Å². The third-order valence-corrected chi connectivity index (χ3v) is 7.52. The summed E-state index contributed by atoms with van der Waals surface area (Å²) in [5, 5.41) is 25.4. The van der Waals surface area contributed by atoms with E-state index in [4.69, 9.17) is 5.73 Å². The van der Waals surface area contributed by atoms with Crippen LogP contribution in [0.15, 0.2) is 60.7 Å². The minimum Gasteiger partial charge on any atom is -0.385 e. The molecule has 0 spiro atoms. The summed E-state index contributed by atoms with van der Waals surface area (Å²) in [6.07, 6.45) is 1.26. The summed E-state index contributed by atoms with van der Waals surface area (Å²) in [6.45, 7) is 9.62. The molecule has 6 N–H and O–H groups in total. The molecule has 0 aliphatic rings. The van der Waals surface area contributed by atoms with Crippen LogP contribution >= 0.6 is 12.4 Å². The van der Waals surface area contributed by atoms with Gasteiger partial charge in [-0.05, 0) is 43.7 Å². The summed E-state index contributed by atoms with van der Waals surface area (Å²) >= 11 is 0. The normalized spacial score (nSPS) is 14.6. The molecule has 2 rings (SSSR count). The summed E-state index contributed by atoms with van der Waals surface area (Å²) in [7, 11) is 0. The van der Waals surface area contributed by atoms with Gasteiger partial charge in [-0.25, -0.2) is 0 Å². The molecule has 252 valence electrons. The molecular formula is C35H54ClN3O6. The van der Waals surface area contributed by atoms with Crippen LogP contribution < -0.4 is 16.4 Å². The molecule has 6 atom stereocenters. The summed E-state index contributed by atoms with van der Waals surface area (Å²) in [5.74, 6) is -1.04. The van der Waals surface area contributed by atoms with Gasteiger partial charge in [0.1, 0.15) is 12.2 Å². The van der Waals surface area contributed by atoms with Crippen LogP contribution in [0.1, 0.15) is 109 Å². The molecule has 0 fully saturated rings. The molecule has 9 nitrogen and oxygen atoms in total. The van der Waals surface area contributed by atoms with Crippen LogP contribution in [0.3, 0.4) is 0 Å². The van der Waals surface area contributed by atoms with Crippen LogP contribution in [-0.2, 0) is 19.2 Å². The van der Waals surface area contributed by atoms with E-state index in [2.05, 4.69) is 10.6 Å². The van der Waals surface area contributed by atoms with Crippen molar-refractivity contribution in [2.75, 3.05) is 0 Å². The van der Waals surface area contributed by atoms with E-state index in [0.717, 1.165) is 30.4 Å². The fourth-order valence-corrected chi connectivity index (χ4v) is 4.71. The van der Waals surface area contributed by atoms with Gasteiger partial charge < -0.3 is 26.6 Å². The molecule has 0 heterocycles. The molecule has 2 aromatic carbocycles. The Bertz CT molecular complexity index is 1050. The molecule has 10 heteroatoms. The fraction of sp³-hybridized carbons (Fsp3) is 0.543. The maximum absolute atomic E-state index is 11.9. The third-order valence-electron chi connectivity index (χ3n) is 7.52. The van der Waals surface area contributed by atoms with Crippen molar-refractivity contribution < 1.29 is 29.4 Å². The van der Waals surface area contributed by atoms with Gasteiger partial charge in [0.05, 0.1) is 12.1 Å². The number of aliphatic hydroxyl groups excluding tert-OH is 2. The number of hydrogen-bond acceptors (Lipinski definition) is 7. The lowest BCUT2D eigenvalue weighted by molar-refractivity contribution is -0.132. The highest BCUT2D eigenvalue weighted by Crippen LogP contribution is 2.15. The van der Waals surface area contributed by atoms with Crippen molar-refractivity contribution in [2.24, 2.45) is 11.7 Å². The van der Waals surface area contributed by atoms with Crippen molar-refractivity contribution in [3.05, 3.63) is 71.8 Å². The van der Waals surface area contributed by atoms with Crippen molar-refractivity contribution in [3.63, 3.8) is 0 Å². The van der Waals surface area contributed by atoms with E-state index in [1.54, 1.807) is 0 Å². The largest absolute Gasteiger partial charge is 0.385 e. The molecule has 4 unspecified atom stereocenters. The zero-order chi connectivity index (χ0) is 33.1. The minimum atomic E-state index is -1.18. The Labute approximate surface area is 275 Å². The lowest BCUT2D eigenvalue weighted by atomic mass is 9.94. The SMILES string of the molecule is CCCC(C)C(O)C(=O)CCC(=O)N[C@H](C)c1ccccc1.CCCC(N)C(O)C(=O)CCC(=O)N[C@H](C)c1ccccc1.Cl. The number of carbonyl (C=O) groups is 4. The van der Waals surface area contributed by atoms with Gasteiger partial charge in [-0.1, -0.05) is 94.3 Å². The molecule has 0 aliphatic carbocycles. The van der Waals surface area contributed by atoms with Gasteiger partial charge in [0, 0.05) is 31.7 Å². The number of hydrogen-bond donors (Lipinski definition) is 5. The molecule has 0 saturated carbocycles. The Hall–Kier alpha value is -3.11. The van der Waals surface area contributed by atoms with Gasteiger partial charge in [-0.15, -0.1) is 12.4 Å². The molecule has 0 bridgehead atoms. The van der Waals surface area contributed by atoms with Gasteiger partial charge in [-0.2, -0.15) is 0 Å². The molecule has 0 radical (unpaired) electrons. The second-order valence-electron chi connectivity index (χ2n) is 11.4. The number of halogens is 1. The Morgan fingerprint density at radius 2 is 1.02 bits per heavy atom. The zero-order valence-corrected chi connectivity index (χ0v) is 28.2. The number of ketones is 2. The van der Waals surface area contributed by atoms with E-state index < -0.39 is 18.2 Å². The third kappa shape index (κ3) is 16.7. The van der Waals surface area contributed by atoms with E-state index in [1.165, 1.54) is 0 Å². The Balaban J connectivity index is 0.000000842. The summed E-state index contributed by atoms with van der Waals surface area (Å²) in [6, 6.07) is 18.5. The summed E-state index contributed by atoms with van der Waals surface area (Å²) in [5.41, 5.74) is 7.75. The molecule has 2 aromatic rings. The van der Waals surface area contributed by atoms with E-state index in [0.29, 0.717) is 6.42 Å². The van der Waals surface area contributed by atoms with Crippen LogP contribution in [0.4, 0.5) is 0 Å². The fourth-order valence-electron chi connectivity index (χ4n) is 4.71. The minimum absolute atomic E-state index is 0. The van der Waals surface area contributed by atoms with Crippen molar-refractivity contribution in [1.82, 2.24) is 10.6 Å². The first kappa shape index (κ1) is 41.9. The maximum Gasteiger partial charge on any atom is 0.220 e. The Kier molecular flexibility index (Phi) is 21.7. The Morgan fingerprint density at radius 1 is 0.644 bits per heavy atom. The highest BCUT2D eigenvalue weighted by atomic mass is 35.5. The van der Waals surface area contributed by atoms with Crippen LogP contribution in [0.2, 0.25) is 0 Å². The van der Waals surface area contributed by atoms with E-state index in [9.17, 15) is 29.4 Å². The molecule has 0 aliphatic heterocycles. The number of rotatable bonds is 18. The second-order valence-corrected chi connectivity index (χ2v) is 11.4. The monoisotopic (exact) mass is 647 g/mol. The standard InChI is InChI=1S/C18H27NO3.C17H26N2O3.ClH/c1-4-8-13(2)18(22)16(20)11-12-17(21)19-14(3)15-9-6-5-7-10-15;1-3-7-14(18)17(22)15(20)10-11-16(21)19-12(2)13-8-5-4-6-9-13;/h5-7,9-10,13-14,18,22H,4,8,11-12H2,1-3H3,(H,19,21);4-6,8-9,12,14,17,22H,3,7,10-11,18H2,1-2H3,(H,19,21);1H/t13?,14-,18?;12-,14?,17?;/m11./s1. The Morgan fingerprint density at radius 3 is 1.40 bits per heavy atom. The average Bonchev–Trinajstić information content (AvgIpc) is 3.03. The number of aliphatic hydroxyl groups is 2. The molecule has 45 heavy (non-hydrogen) atoms. The number of nitrogens with one attached hydrogen (secondary N) is 2. The van der Waals surface area contributed by atoms with Crippen LogP contribution in [0.5, 0.6) is 0 Å². The highest BCUT2D eigenvalue weighted by molar-refractivity contribution is 5.88. The van der Waals surface area contributed by atoms with Crippen LogP contribution in [-0.4, -0.2) is 51.8 Å². The quantitative estimate of drug-likeness (QED) is 0.150. The predicted molar refractivity (Wildman–Crippen MR) is 181 cm³/mol. The molecule has 2 amide bonds. The van der Waals surface area contributed by atoms with E-state index in [1.807, 2.05) is 95.3 Å². The van der Waals surface area contributed by atoms with Gasteiger partial charge in [-0.3, -0.25) is 19.2 Å². The van der Waals surface area contributed by atoms with E-state index >= 15 is 0 Å². The first-order valence-electron chi connectivity index (χ1n) is 15.8. The second kappa shape index (κ2) is 23.3. The lowest BCUT2D eigenvalue weighted by Crippen LogP contribution is -2.40. The van der Waals surface area contributed by atoms with Gasteiger partial charge in [0.25, 0.3) is 0 Å². The van der Waals surface area contributed by atoms with Crippen LogP contribution in [0.25, 0.3) is 0 Å².